The Kier molecular flexibility index (Phi) is 6.32. The summed E-state index contributed by atoms with van der Waals surface area (Å²) in [5.41, 5.74) is 0.629. The first-order chi connectivity index (χ1) is 10.5. The Bertz CT molecular complexity index is 444. The van der Waals surface area contributed by atoms with Gasteiger partial charge in [0.05, 0.1) is 25.4 Å². The summed E-state index contributed by atoms with van der Waals surface area (Å²) in [5, 5.41) is 13.3. The van der Waals surface area contributed by atoms with Crippen LogP contribution in [-0.4, -0.2) is 43.7 Å². The fourth-order valence-electron chi connectivity index (χ4n) is 2.51. The van der Waals surface area contributed by atoms with Crippen molar-refractivity contribution in [3.63, 3.8) is 0 Å². The van der Waals surface area contributed by atoms with Gasteiger partial charge in [0.15, 0.2) is 0 Å². The zero-order valence-electron chi connectivity index (χ0n) is 13.3. The molecule has 0 radical (unpaired) electrons. The third kappa shape index (κ3) is 5.32. The van der Waals surface area contributed by atoms with Crippen LogP contribution in [0.25, 0.3) is 0 Å². The molecule has 1 aromatic carbocycles. The number of halogens is 1. The number of hydrogen-bond acceptors (Lipinski definition) is 4. The molecule has 4 nitrogen and oxygen atoms in total. The highest BCUT2D eigenvalue weighted by Crippen LogP contribution is 2.20. The van der Waals surface area contributed by atoms with E-state index in [1.807, 2.05) is 13.8 Å². The Labute approximate surface area is 131 Å². The van der Waals surface area contributed by atoms with Crippen LogP contribution in [0.15, 0.2) is 24.3 Å². The molecule has 1 aromatic rings. The summed E-state index contributed by atoms with van der Waals surface area (Å²) < 4.78 is 23.9. The minimum Gasteiger partial charge on any atom is -0.389 e. The predicted molar refractivity (Wildman–Crippen MR) is 83.2 cm³/mol. The zero-order chi connectivity index (χ0) is 16.0. The van der Waals surface area contributed by atoms with E-state index in [2.05, 4.69) is 5.32 Å². The largest absolute Gasteiger partial charge is 0.389 e. The van der Waals surface area contributed by atoms with Gasteiger partial charge in [-0.05, 0) is 44.4 Å². The highest BCUT2D eigenvalue weighted by Gasteiger charge is 2.21. The minimum absolute atomic E-state index is 0.177. The topological polar surface area (TPSA) is 50.7 Å². The first kappa shape index (κ1) is 17.3. The van der Waals surface area contributed by atoms with E-state index in [1.165, 1.54) is 12.1 Å². The molecule has 5 heteroatoms. The molecule has 0 bridgehead atoms. The Morgan fingerprint density at radius 1 is 1.41 bits per heavy atom. The minimum atomic E-state index is -0.582. The molecule has 2 atom stereocenters. The Morgan fingerprint density at radius 2 is 2.14 bits per heavy atom. The summed E-state index contributed by atoms with van der Waals surface area (Å²) in [6.07, 6.45) is 1.72. The smallest absolute Gasteiger partial charge is 0.123 e. The standard InChI is InChI=1S/C17H26FNO3/c1-17(2,13-5-7-14(18)8-6-13)19-10-15(20)11-21-12-16-4-3-9-22-16/h5-8,15-16,19-20H,3-4,9-12H2,1-2H3. The van der Waals surface area contributed by atoms with Crippen LogP contribution in [0, 0.1) is 5.82 Å². The average molecular weight is 311 g/mol. The summed E-state index contributed by atoms with van der Waals surface area (Å²) >= 11 is 0. The number of aliphatic hydroxyl groups excluding tert-OH is 1. The molecule has 0 aromatic heterocycles. The van der Waals surface area contributed by atoms with E-state index in [-0.39, 0.29) is 24.1 Å². The molecule has 2 rings (SSSR count). The molecule has 2 unspecified atom stereocenters. The molecule has 1 heterocycles. The molecule has 1 aliphatic heterocycles. The van der Waals surface area contributed by atoms with Crippen molar-refractivity contribution in [1.29, 1.82) is 0 Å². The van der Waals surface area contributed by atoms with Crippen LogP contribution in [0.5, 0.6) is 0 Å². The number of hydrogen-bond donors (Lipinski definition) is 2. The van der Waals surface area contributed by atoms with Crippen molar-refractivity contribution in [1.82, 2.24) is 5.32 Å². The first-order valence-corrected chi connectivity index (χ1v) is 7.86. The van der Waals surface area contributed by atoms with E-state index in [0.717, 1.165) is 25.0 Å². The number of benzene rings is 1. The van der Waals surface area contributed by atoms with Gasteiger partial charge < -0.3 is 19.9 Å². The lowest BCUT2D eigenvalue weighted by Crippen LogP contribution is -2.42. The zero-order valence-corrected chi connectivity index (χ0v) is 13.3. The fourth-order valence-corrected chi connectivity index (χ4v) is 2.51. The molecular weight excluding hydrogens is 285 g/mol. The molecule has 0 aliphatic carbocycles. The summed E-state index contributed by atoms with van der Waals surface area (Å²) in [6, 6.07) is 6.39. The molecule has 1 saturated heterocycles. The third-order valence-electron chi connectivity index (χ3n) is 3.98. The van der Waals surface area contributed by atoms with Gasteiger partial charge in [-0.15, -0.1) is 0 Å². The van der Waals surface area contributed by atoms with Gasteiger partial charge in [-0.1, -0.05) is 12.1 Å². The van der Waals surface area contributed by atoms with Gasteiger partial charge in [0.1, 0.15) is 5.82 Å². The van der Waals surface area contributed by atoms with Crippen molar-refractivity contribution in [3.8, 4) is 0 Å². The van der Waals surface area contributed by atoms with E-state index >= 15 is 0 Å². The van der Waals surface area contributed by atoms with Crippen LogP contribution in [0.2, 0.25) is 0 Å². The number of aliphatic hydroxyl groups is 1. The molecule has 1 aliphatic rings. The van der Waals surface area contributed by atoms with Crippen molar-refractivity contribution in [2.45, 2.75) is 44.4 Å². The number of nitrogens with one attached hydrogen (secondary N) is 1. The second kappa shape index (κ2) is 8.02. The highest BCUT2D eigenvalue weighted by molar-refractivity contribution is 5.23. The predicted octanol–water partition coefficient (Wildman–Crippen LogP) is 2.21. The Balaban J connectivity index is 1.69. The van der Waals surface area contributed by atoms with E-state index < -0.39 is 6.10 Å². The van der Waals surface area contributed by atoms with Crippen LogP contribution < -0.4 is 5.32 Å². The van der Waals surface area contributed by atoms with Crippen LogP contribution >= 0.6 is 0 Å². The lowest BCUT2D eigenvalue weighted by molar-refractivity contribution is -0.0177. The fraction of sp³-hybridized carbons (Fsp3) is 0.647. The number of rotatable bonds is 8. The lowest BCUT2D eigenvalue weighted by Gasteiger charge is -2.28. The monoisotopic (exact) mass is 311 g/mol. The van der Waals surface area contributed by atoms with Crippen LogP contribution in [0.4, 0.5) is 4.39 Å². The van der Waals surface area contributed by atoms with Crippen molar-refractivity contribution in [2.24, 2.45) is 0 Å². The van der Waals surface area contributed by atoms with E-state index in [0.29, 0.717) is 13.2 Å². The van der Waals surface area contributed by atoms with Gasteiger partial charge in [0.25, 0.3) is 0 Å². The van der Waals surface area contributed by atoms with Crippen LogP contribution in [0.3, 0.4) is 0 Å². The van der Waals surface area contributed by atoms with E-state index in [4.69, 9.17) is 9.47 Å². The Hall–Kier alpha value is -1.01. The van der Waals surface area contributed by atoms with Crippen LogP contribution in [-0.2, 0) is 15.0 Å². The third-order valence-corrected chi connectivity index (χ3v) is 3.98. The summed E-state index contributed by atoms with van der Waals surface area (Å²) in [7, 11) is 0. The SMILES string of the molecule is CC(C)(NCC(O)COCC1CCCO1)c1ccc(F)cc1. The normalized spacial score (nSPS) is 20.3. The van der Waals surface area contributed by atoms with Crippen molar-refractivity contribution in [2.75, 3.05) is 26.4 Å². The van der Waals surface area contributed by atoms with Gasteiger partial charge in [0.2, 0.25) is 0 Å². The van der Waals surface area contributed by atoms with Gasteiger partial charge >= 0.3 is 0 Å². The maximum Gasteiger partial charge on any atom is 0.123 e. The Morgan fingerprint density at radius 3 is 2.77 bits per heavy atom. The second-order valence-electron chi connectivity index (χ2n) is 6.34. The molecule has 0 amide bonds. The maximum absolute atomic E-state index is 13.0. The van der Waals surface area contributed by atoms with Crippen molar-refractivity contribution < 1.29 is 19.0 Å². The molecule has 2 N–H and O–H groups in total. The van der Waals surface area contributed by atoms with E-state index in [1.54, 1.807) is 12.1 Å². The summed E-state index contributed by atoms with van der Waals surface area (Å²) in [6.45, 7) is 6.05. The average Bonchev–Trinajstić information content (AvgIpc) is 2.99. The van der Waals surface area contributed by atoms with Gasteiger partial charge in [0, 0.05) is 18.7 Å². The van der Waals surface area contributed by atoms with Gasteiger partial charge in [-0.25, -0.2) is 4.39 Å². The van der Waals surface area contributed by atoms with Gasteiger partial charge in [-0.2, -0.15) is 0 Å². The van der Waals surface area contributed by atoms with E-state index in [9.17, 15) is 9.50 Å². The molecule has 124 valence electrons. The highest BCUT2D eigenvalue weighted by atomic mass is 19.1. The molecule has 0 saturated carbocycles. The van der Waals surface area contributed by atoms with Crippen LogP contribution in [0.1, 0.15) is 32.3 Å². The molecule has 1 fully saturated rings. The van der Waals surface area contributed by atoms with Gasteiger partial charge in [-0.3, -0.25) is 0 Å². The number of ether oxygens (including phenoxy) is 2. The maximum atomic E-state index is 13.0. The summed E-state index contributed by atoms with van der Waals surface area (Å²) in [5.74, 6) is -0.248. The van der Waals surface area contributed by atoms with Crippen molar-refractivity contribution >= 4 is 0 Å². The lowest BCUT2D eigenvalue weighted by atomic mass is 9.94. The molecular formula is C17H26FNO3. The van der Waals surface area contributed by atoms with Crippen molar-refractivity contribution in [3.05, 3.63) is 35.6 Å². The first-order valence-electron chi connectivity index (χ1n) is 7.86. The quantitative estimate of drug-likeness (QED) is 0.773. The molecule has 22 heavy (non-hydrogen) atoms. The molecule has 0 spiro atoms. The summed E-state index contributed by atoms with van der Waals surface area (Å²) in [4.78, 5) is 0. The second-order valence-corrected chi connectivity index (χ2v) is 6.34.